The lowest BCUT2D eigenvalue weighted by Crippen LogP contribution is -2.55. The maximum absolute atomic E-state index is 13.5. The molecule has 4 aliphatic rings. The predicted molar refractivity (Wildman–Crippen MR) is 169 cm³/mol. The lowest BCUT2D eigenvalue weighted by molar-refractivity contribution is -0.143. The number of nitrogens with one attached hydrogen (secondary N) is 3. The number of thiophene rings is 1. The maximum Gasteiger partial charge on any atom is 0.315 e. The van der Waals surface area contributed by atoms with Crippen molar-refractivity contribution in [3.05, 3.63) is 29.3 Å². The number of nitrogens with zero attached hydrogens (tertiary/aromatic N) is 4. The number of carbonyl (C=O) groups is 4. The van der Waals surface area contributed by atoms with Crippen molar-refractivity contribution in [1.82, 2.24) is 35.0 Å². The van der Waals surface area contributed by atoms with E-state index in [2.05, 4.69) is 20.3 Å². The largest absolute Gasteiger partial charge is 0.340 e. The van der Waals surface area contributed by atoms with Crippen LogP contribution in [0.5, 0.6) is 0 Å². The number of sulfonamides is 1. The second kappa shape index (κ2) is 13.0. The first-order chi connectivity index (χ1) is 21.5. The number of piperidine rings is 1. The third-order valence-corrected chi connectivity index (χ3v) is 12.6. The molecule has 13 nitrogen and oxygen atoms in total. The zero-order chi connectivity index (χ0) is 31.9. The first-order valence-corrected chi connectivity index (χ1v) is 18.0. The topological polar surface area (TPSA) is 151 Å². The van der Waals surface area contributed by atoms with Crippen molar-refractivity contribution < 1.29 is 27.6 Å². The van der Waals surface area contributed by atoms with E-state index in [-0.39, 0.29) is 53.1 Å². The van der Waals surface area contributed by atoms with Gasteiger partial charge in [-0.25, -0.2) is 13.2 Å². The summed E-state index contributed by atoms with van der Waals surface area (Å²) in [7, 11) is -2.18. The molecule has 45 heavy (non-hydrogen) atoms. The minimum absolute atomic E-state index is 0.00577. The molecule has 0 aliphatic carbocycles. The van der Waals surface area contributed by atoms with Crippen molar-refractivity contribution >= 4 is 66.8 Å². The van der Waals surface area contributed by atoms with Gasteiger partial charge in [0.05, 0.1) is 6.54 Å². The number of fused-ring (bicyclic) bond motifs is 1. The monoisotopic (exact) mass is 679 g/mol. The third-order valence-electron chi connectivity index (χ3n) is 9.25. The number of hydrogen-bond donors (Lipinski definition) is 3. The van der Waals surface area contributed by atoms with Gasteiger partial charge in [0.15, 0.2) is 0 Å². The van der Waals surface area contributed by atoms with Crippen LogP contribution in [-0.4, -0.2) is 129 Å². The van der Waals surface area contributed by atoms with E-state index >= 15 is 0 Å². The van der Waals surface area contributed by atoms with Crippen LogP contribution < -0.4 is 15.4 Å². The first-order valence-electron chi connectivity index (χ1n) is 15.3. The van der Waals surface area contributed by atoms with Gasteiger partial charge in [-0.3, -0.25) is 19.3 Å². The van der Waals surface area contributed by atoms with Crippen LogP contribution in [0.4, 0.5) is 4.79 Å². The van der Waals surface area contributed by atoms with Gasteiger partial charge in [0.25, 0.3) is 10.0 Å². The van der Waals surface area contributed by atoms with Gasteiger partial charge in [-0.1, -0.05) is 11.6 Å². The van der Waals surface area contributed by atoms with Gasteiger partial charge in [0, 0.05) is 68.1 Å². The average molecular weight is 680 g/mol. The van der Waals surface area contributed by atoms with Gasteiger partial charge in [-0.15, -0.1) is 11.3 Å². The second-order valence-electron chi connectivity index (χ2n) is 12.3. The summed E-state index contributed by atoms with van der Waals surface area (Å²) in [5.41, 5.74) is 0. The van der Waals surface area contributed by atoms with Crippen LogP contribution in [0.15, 0.2) is 28.5 Å². The normalized spacial score (nSPS) is 26.0. The molecule has 4 aliphatic heterocycles. The van der Waals surface area contributed by atoms with Crippen LogP contribution in [0.25, 0.3) is 10.1 Å². The van der Waals surface area contributed by atoms with Crippen LogP contribution in [0.2, 0.25) is 5.02 Å². The highest BCUT2D eigenvalue weighted by atomic mass is 35.5. The molecule has 4 saturated heterocycles. The Morgan fingerprint density at radius 3 is 2.69 bits per heavy atom. The number of benzene rings is 1. The summed E-state index contributed by atoms with van der Waals surface area (Å²) < 4.78 is 29.9. The summed E-state index contributed by atoms with van der Waals surface area (Å²) in [6.07, 6.45) is 3.49. The van der Waals surface area contributed by atoms with E-state index in [1.54, 1.807) is 36.2 Å². The van der Waals surface area contributed by atoms with Crippen LogP contribution in [0, 0.1) is 0 Å². The quantitative estimate of drug-likeness (QED) is 0.358. The lowest BCUT2D eigenvalue weighted by Gasteiger charge is -2.35. The van der Waals surface area contributed by atoms with E-state index in [1.165, 1.54) is 4.90 Å². The molecular weight excluding hydrogens is 642 g/mol. The Labute approximate surface area is 271 Å². The number of hydrogen-bond acceptors (Lipinski definition) is 8. The zero-order valence-electron chi connectivity index (χ0n) is 25.0. The van der Waals surface area contributed by atoms with Crippen molar-refractivity contribution in [3.8, 4) is 0 Å². The fourth-order valence-electron chi connectivity index (χ4n) is 6.80. The summed E-state index contributed by atoms with van der Waals surface area (Å²) in [6, 6.07) is 4.94. The number of likely N-dealkylation sites (N-methyl/N-ethyl adjacent to an activating group) is 1. The van der Waals surface area contributed by atoms with Gasteiger partial charge in [0.1, 0.15) is 16.3 Å². The summed E-state index contributed by atoms with van der Waals surface area (Å²) >= 11 is 7.17. The van der Waals surface area contributed by atoms with Crippen molar-refractivity contribution in [2.45, 2.75) is 60.5 Å². The molecular formula is C29H38ClN7O6S2. The van der Waals surface area contributed by atoms with Crippen LogP contribution >= 0.6 is 22.9 Å². The highest BCUT2D eigenvalue weighted by Gasteiger charge is 2.39. The standard InChI is InChI=1S/C29H38ClN7O6S2/c1-34(27(39)23-14-31-29(41)32-23)20-8-11-35(15-20)16-21-4-2-10-37(21)25(38)17-36-9-3-5-22(28(36)40)33-45(42,43)26-13-18-12-19(30)6-7-24(18)44-26/h6-7,12-13,20-23,33H,2-5,8-11,14-17H2,1H3,(H2,31,32,41). The number of amides is 5. The van der Waals surface area contributed by atoms with E-state index in [4.69, 9.17) is 11.6 Å². The molecule has 4 fully saturated rings. The average Bonchev–Trinajstić information content (AvgIpc) is 3.81. The van der Waals surface area contributed by atoms with Crippen molar-refractivity contribution in [3.63, 3.8) is 0 Å². The van der Waals surface area contributed by atoms with Crippen LogP contribution in [0.3, 0.4) is 0 Å². The van der Waals surface area contributed by atoms with Crippen molar-refractivity contribution in [1.29, 1.82) is 0 Å². The summed E-state index contributed by atoms with van der Waals surface area (Å²) in [5, 5.41) is 6.50. The molecule has 244 valence electrons. The van der Waals surface area contributed by atoms with Crippen LogP contribution in [-0.2, 0) is 24.4 Å². The Kier molecular flexibility index (Phi) is 9.26. The molecule has 6 rings (SSSR count). The SMILES string of the molecule is CN(C(=O)C1CNC(=O)N1)C1CCN(CC2CCCN2C(=O)CN2CCCC(NS(=O)(=O)c3cc4cc(Cl)ccc4s3)C2=O)C1. The molecule has 1 aromatic heterocycles. The van der Waals surface area contributed by atoms with Crippen molar-refractivity contribution in [2.75, 3.05) is 52.9 Å². The fraction of sp³-hybridized carbons (Fsp3) is 0.586. The molecule has 0 radical (unpaired) electrons. The highest BCUT2D eigenvalue weighted by molar-refractivity contribution is 7.91. The lowest BCUT2D eigenvalue weighted by atomic mass is 10.1. The summed E-state index contributed by atoms with van der Waals surface area (Å²) in [4.78, 5) is 58.5. The number of urea groups is 1. The molecule has 2 aromatic rings. The molecule has 4 unspecified atom stereocenters. The minimum atomic E-state index is -3.95. The molecule has 4 atom stereocenters. The summed E-state index contributed by atoms with van der Waals surface area (Å²) in [6.45, 7) is 3.38. The Morgan fingerprint density at radius 2 is 1.91 bits per heavy atom. The van der Waals surface area contributed by atoms with Gasteiger partial charge >= 0.3 is 6.03 Å². The number of halogens is 1. The molecule has 1 aromatic carbocycles. The van der Waals surface area contributed by atoms with E-state index in [1.807, 2.05) is 4.90 Å². The van der Waals surface area contributed by atoms with E-state index in [0.29, 0.717) is 44.0 Å². The molecule has 0 spiro atoms. The smallest absolute Gasteiger partial charge is 0.315 e. The van der Waals surface area contributed by atoms with E-state index in [0.717, 1.165) is 47.2 Å². The zero-order valence-corrected chi connectivity index (χ0v) is 27.4. The Balaban J connectivity index is 1.02. The maximum atomic E-state index is 13.5. The Bertz CT molecular complexity index is 1600. The molecule has 0 bridgehead atoms. The Hall–Kier alpha value is -2.98. The predicted octanol–water partition coefficient (Wildman–Crippen LogP) is 1.03. The molecule has 16 heteroatoms. The minimum Gasteiger partial charge on any atom is -0.340 e. The second-order valence-corrected chi connectivity index (χ2v) is 15.7. The number of carbonyl (C=O) groups excluding carboxylic acids is 4. The number of rotatable bonds is 9. The van der Waals surface area contributed by atoms with E-state index in [9.17, 15) is 27.6 Å². The van der Waals surface area contributed by atoms with Gasteiger partial charge in [-0.2, -0.15) is 4.72 Å². The fourth-order valence-corrected chi connectivity index (χ4v) is 9.60. The van der Waals surface area contributed by atoms with Gasteiger partial charge in [0.2, 0.25) is 17.7 Å². The molecule has 5 amide bonds. The molecule has 3 N–H and O–H groups in total. The van der Waals surface area contributed by atoms with Gasteiger partial charge < -0.3 is 25.3 Å². The number of likely N-dealkylation sites (tertiary alicyclic amines) is 3. The van der Waals surface area contributed by atoms with E-state index < -0.39 is 22.1 Å². The summed E-state index contributed by atoms with van der Waals surface area (Å²) in [5.74, 6) is -0.636. The first kappa shape index (κ1) is 32.0. The Morgan fingerprint density at radius 1 is 1.11 bits per heavy atom. The molecule has 5 heterocycles. The van der Waals surface area contributed by atoms with Gasteiger partial charge in [-0.05, 0) is 61.8 Å². The van der Waals surface area contributed by atoms with Crippen LogP contribution in [0.1, 0.15) is 32.1 Å². The van der Waals surface area contributed by atoms with Crippen molar-refractivity contribution in [2.24, 2.45) is 0 Å². The highest BCUT2D eigenvalue weighted by Crippen LogP contribution is 2.31. The third kappa shape index (κ3) is 6.92. The molecule has 0 saturated carbocycles.